The van der Waals surface area contributed by atoms with E-state index in [1.807, 2.05) is 36.4 Å². The number of ether oxygens (including phenoxy) is 1. The van der Waals surface area contributed by atoms with Gasteiger partial charge in [-0.3, -0.25) is 4.79 Å². The molecule has 0 radical (unpaired) electrons. The maximum Gasteiger partial charge on any atom is 0.265 e. The number of methoxy groups -OCH3 is 1. The fraction of sp³-hybridized carbons (Fsp3) is 0.577. The monoisotopic (exact) mass is 472 g/mol. The van der Waals surface area contributed by atoms with Crippen LogP contribution in [0.1, 0.15) is 47.1 Å². The van der Waals surface area contributed by atoms with E-state index in [0.717, 1.165) is 11.3 Å². The minimum Gasteiger partial charge on any atom is -0.543 e. The van der Waals surface area contributed by atoms with Crippen LogP contribution >= 0.6 is 0 Å². The van der Waals surface area contributed by atoms with E-state index in [2.05, 4.69) is 41.5 Å². The van der Waals surface area contributed by atoms with Gasteiger partial charge >= 0.3 is 0 Å². The Labute approximate surface area is 199 Å². The zero-order valence-corrected chi connectivity index (χ0v) is 22.0. The van der Waals surface area contributed by atoms with Gasteiger partial charge in [0.15, 0.2) is 5.60 Å². The van der Waals surface area contributed by atoms with Crippen molar-refractivity contribution in [1.82, 2.24) is 0 Å². The number of allylic oxidation sites excluding steroid dienone is 1. The lowest BCUT2D eigenvalue weighted by atomic mass is 9.87. The summed E-state index contributed by atoms with van der Waals surface area (Å²) < 4.78 is 12.6. The van der Waals surface area contributed by atoms with Crippen molar-refractivity contribution in [3.8, 4) is 0 Å². The van der Waals surface area contributed by atoms with E-state index in [-0.39, 0.29) is 18.6 Å². The molecule has 1 aromatic carbocycles. The Balaban J connectivity index is 1.94. The number of anilines is 1. The second-order valence-electron chi connectivity index (χ2n) is 10.2. The number of carbonyl (C=O) groups excluding carboxylic acids is 1. The van der Waals surface area contributed by atoms with Gasteiger partial charge in [0, 0.05) is 12.8 Å². The summed E-state index contributed by atoms with van der Waals surface area (Å²) >= 11 is 0. The summed E-state index contributed by atoms with van der Waals surface area (Å²) in [4.78, 5) is 15.6. The summed E-state index contributed by atoms with van der Waals surface area (Å²) in [5.74, 6) is 0.444. The van der Waals surface area contributed by atoms with Gasteiger partial charge in [0.05, 0.1) is 18.7 Å². The quantitative estimate of drug-likeness (QED) is 0.551. The Morgan fingerprint density at radius 1 is 1.18 bits per heavy atom. The lowest BCUT2D eigenvalue weighted by Crippen LogP contribution is -2.61. The zero-order chi connectivity index (χ0) is 24.6. The molecular formula is C26H40N2O4Si. The molecule has 0 spiro atoms. The van der Waals surface area contributed by atoms with Crippen LogP contribution in [0.4, 0.5) is 5.69 Å². The molecule has 0 saturated heterocycles. The molecule has 0 bridgehead atoms. The molecule has 33 heavy (non-hydrogen) atoms. The minimum atomic E-state index is -2.16. The minimum absolute atomic E-state index is 0.130. The van der Waals surface area contributed by atoms with E-state index in [9.17, 15) is 9.90 Å². The number of hydrogen-bond donors (Lipinski definition) is 2. The van der Waals surface area contributed by atoms with Crippen LogP contribution in [0.25, 0.3) is 0 Å². The highest BCUT2D eigenvalue weighted by atomic mass is 28.4. The Bertz CT molecular complexity index is 905. The Morgan fingerprint density at radius 2 is 1.79 bits per heavy atom. The number of carbonyl (C=O) groups is 1. The molecule has 182 valence electrons. The molecule has 6 nitrogen and oxygen atoms in total. The molecule has 1 aromatic rings. The zero-order valence-electron chi connectivity index (χ0n) is 21.0. The number of amides is 1. The van der Waals surface area contributed by atoms with Crippen molar-refractivity contribution in [3.63, 3.8) is 0 Å². The predicted molar refractivity (Wildman–Crippen MR) is 136 cm³/mol. The van der Waals surface area contributed by atoms with Crippen molar-refractivity contribution in [2.24, 2.45) is 5.73 Å². The third-order valence-corrected chi connectivity index (χ3v) is 13.5. The van der Waals surface area contributed by atoms with E-state index in [4.69, 9.17) is 14.9 Å². The van der Waals surface area contributed by atoms with Gasteiger partial charge < -0.3 is 24.9 Å². The molecule has 1 heterocycles. The molecule has 1 amide bonds. The van der Waals surface area contributed by atoms with E-state index < -0.39 is 20.0 Å². The number of aliphatic hydroxyl groups is 1. The topological polar surface area (TPSA) is 85.0 Å². The van der Waals surface area contributed by atoms with Gasteiger partial charge in [-0.05, 0) is 52.9 Å². The predicted octanol–water partition coefficient (Wildman–Crippen LogP) is 4.29. The molecule has 3 rings (SSSR count). The Kier molecular flexibility index (Phi) is 7.58. The Morgan fingerprint density at radius 3 is 2.30 bits per heavy atom. The highest BCUT2D eigenvalue weighted by molar-refractivity contribution is 6.77. The fourth-order valence-electron chi connectivity index (χ4n) is 5.87. The highest BCUT2D eigenvalue weighted by Crippen LogP contribution is 2.45. The van der Waals surface area contributed by atoms with Crippen LogP contribution in [0.3, 0.4) is 0 Å². The molecule has 1 aliphatic heterocycles. The number of aliphatic hydroxyl groups excluding tert-OH is 1. The number of nitrogens with zero attached hydrogens (tertiary/aromatic N) is 1. The van der Waals surface area contributed by atoms with E-state index in [0.29, 0.717) is 28.8 Å². The summed E-state index contributed by atoms with van der Waals surface area (Å²) in [7, 11) is -0.655. The number of benzene rings is 1. The molecule has 0 fully saturated rings. The van der Waals surface area contributed by atoms with Crippen LogP contribution in [0.15, 0.2) is 48.3 Å². The largest absolute Gasteiger partial charge is 0.543 e. The normalized spacial score (nSPS) is 25.1. The van der Waals surface area contributed by atoms with Gasteiger partial charge in [-0.1, -0.05) is 59.7 Å². The number of para-hydroxylation sites is 1. The maximum absolute atomic E-state index is 13.9. The standard InChI is InChI=1S/C26H40N2O4Si/c1-17(2)33(18(3)4,19(5)6)32-22-12-13-26(31-7,24(27)15-22)25(30)28-21(16-29)14-20-10-8-9-11-23(20)28/h8-13,15,17-19,21,24,29H,14,16,27H2,1-7H3. The molecule has 0 saturated carbocycles. The molecular weight excluding hydrogens is 432 g/mol. The summed E-state index contributed by atoms with van der Waals surface area (Å²) in [5.41, 5.74) is 8.34. The van der Waals surface area contributed by atoms with Crippen LogP contribution in [0.2, 0.25) is 16.6 Å². The van der Waals surface area contributed by atoms with Crippen LogP contribution in [0, 0.1) is 0 Å². The molecule has 2 aliphatic rings. The molecule has 3 atom stereocenters. The molecule has 3 unspecified atom stereocenters. The van der Waals surface area contributed by atoms with Gasteiger partial charge in [0.1, 0.15) is 5.76 Å². The first-order chi connectivity index (χ1) is 15.5. The Hall–Kier alpha value is -1.93. The number of rotatable bonds is 8. The average Bonchev–Trinajstić information content (AvgIpc) is 3.15. The van der Waals surface area contributed by atoms with E-state index in [1.165, 1.54) is 7.11 Å². The van der Waals surface area contributed by atoms with Gasteiger partial charge in [0.25, 0.3) is 14.2 Å². The van der Waals surface area contributed by atoms with Crippen molar-refractivity contribution in [1.29, 1.82) is 0 Å². The van der Waals surface area contributed by atoms with E-state index >= 15 is 0 Å². The van der Waals surface area contributed by atoms with Gasteiger partial charge in [-0.25, -0.2) is 0 Å². The SMILES string of the molecule is COC1(C(=O)N2c3ccccc3CC2CO)C=CC(O[Si](C(C)C)(C(C)C)C(C)C)=CC1N. The van der Waals surface area contributed by atoms with Crippen molar-refractivity contribution in [2.45, 2.75) is 82.3 Å². The van der Waals surface area contributed by atoms with Crippen LogP contribution in [-0.2, 0) is 20.4 Å². The first-order valence-corrected chi connectivity index (χ1v) is 14.1. The second kappa shape index (κ2) is 9.74. The number of nitrogens with two attached hydrogens (primary N) is 1. The van der Waals surface area contributed by atoms with Crippen molar-refractivity contribution in [2.75, 3.05) is 18.6 Å². The fourth-order valence-corrected chi connectivity index (χ4v) is 11.1. The van der Waals surface area contributed by atoms with E-state index in [1.54, 1.807) is 11.0 Å². The third-order valence-electron chi connectivity index (χ3n) is 7.51. The van der Waals surface area contributed by atoms with Crippen molar-refractivity contribution < 1.29 is 19.1 Å². The first-order valence-electron chi connectivity index (χ1n) is 12.0. The molecule has 0 aromatic heterocycles. The van der Waals surface area contributed by atoms with Gasteiger partial charge in [0.2, 0.25) is 0 Å². The van der Waals surface area contributed by atoms with Crippen LogP contribution < -0.4 is 10.6 Å². The summed E-state index contributed by atoms with van der Waals surface area (Å²) in [5, 5.41) is 9.99. The van der Waals surface area contributed by atoms with Crippen molar-refractivity contribution >= 4 is 19.9 Å². The van der Waals surface area contributed by atoms with Gasteiger partial charge in [-0.2, -0.15) is 0 Å². The molecule has 1 aliphatic carbocycles. The average molecular weight is 473 g/mol. The maximum atomic E-state index is 13.9. The first kappa shape index (κ1) is 25.7. The summed E-state index contributed by atoms with van der Waals surface area (Å²) in [6.07, 6.45) is 6.01. The van der Waals surface area contributed by atoms with Gasteiger partial charge in [-0.15, -0.1) is 0 Å². The number of hydrogen-bond acceptors (Lipinski definition) is 5. The lowest BCUT2D eigenvalue weighted by Gasteiger charge is -2.44. The second-order valence-corrected chi connectivity index (χ2v) is 15.6. The van der Waals surface area contributed by atoms with Crippen molar-refractivity contribution in [3.05, 3.63) is 53.8 Å². The lowest BCUT2D eigenvalue weighted by molar-refractivity contribution is -0.136. The molecule has 7 heteroatoms. The highest BCUT2D eigenvalue weighted by Gasteiger charge is 2.51. The smallest absolute Gasteiger partial charge is 0.265 e. The van der Waals surface area contributed by atoms with Crippen LogP contribution in [-0.4, -0.2) is 50.7 Å². The summed E-state index contributed by atoms with van der Waals surface area (Å²) in [6, 6.07) is 6.67. The van der Waals surface area contributed by atoms with Crippen LogP contribution in [0.5, 0.6) is 0 Å². The third kappa shape index (κ3) is 4.20. The molecule has 3 N–H and O–H groups in total. The number of fused-ring (bicyclic) bond motifs is 1. The summed E-state index contributed by atoms with van der Waals surface area (Å²) in [6.45, 7) is 13.3.